The fourth-order valence-corrected chi connectivity index (χ4v) is 10.0. The van der Waals surface area contributed by atoms with Crippen molar-refractivity contribution in [3.8, 4) is 39.3 Å². The first-order valence-corrected chi connectivity index (χ1v) is 21.0. The molecule has 0 amide bonds. The van der Waals surface area contributed by atoms with Gasteiger partial charge in [-0.15, -0.1) is 0 Å². The van der Waals surface area contributed by atoms with Gasteiger partial charge in [-0.25, -0.2) is 0 Å². The van der Waals surface area contributed by atoms with Crippen LogP contribution >= 0.6 is 0 Å². The van der Waals surface area contributed by atoms with E-state index in [2.05, 4.69) is 238 Å². The molecule has 0 aliphatic heterocycles. The summed E-state index contributed by atoms with van der Waals surface area (Å²) in [5, 5.41) is 9.96. The fraction of sp³-hybridized carbons (Fsp3) is 0. The first-order chi connectivity index (χ1) is 30.3. The first-order valence-electron chi connectivity index (χ1n) is 21.0. The summed E-state index contributed by atoms with van der Waals surface area (Å²) in [6.07, 6.45) is 0. The summed E-state index contributed by atoms with van der Waals surface area (Å²) in [6, 6.07) is 82.2. The van der Waals surface area contributed by atoms with Gasteiger partial charge in [0.1, 0.15) is 0 Å². The van der Waals surface area contributed by atoms with Gasteiger partial charge >= 0.3 is 0 Å². The summed E-state index contributed by atoms with van der Waals surface area (Å²) >= 11 is 0. The molecule has 13 rings (SSSR count). The first kappa shape index (κ1) is 33.8. The molecule has 0 saturated carbocycles. The minimum Gasteiger partial charge on any atom is -0.309 e. The van der Waals surface area contributed by atoms with Crippen LogP contribution in [0, 0.1) is 0 Å². The summed E-state index contributed by atoms with van der Waals surface area (Å²) in [5.41, 5.74) is 15.5. The maximum atomic E-state index is 2.44. The van der Waals surface area contributed by atoms with E-state index in [1.54, 1.807) is 0 Å². The summed E-state index contributed by atoms with van der Waals surface area (Å²) in [6.45, 7) is 0. The van der Waals surface area contributed by atoms with Gasteiger partial charge in [-0.05, 0) is 107 Å². The Morgan fingerprint density at radius 2 is 0.656 bits per heavy atom. The molecule has 0 N–H and O–H groups in total. The molecule has 0 spiro atoms. The Bertz CT molecular complexity index is 3840. The second-order valence-electron chi connectivity index (χ2n) is 16.1. The third kappa shape index (κ3) is 5.11. The van der Waals surface area contributed by atoms with Crippen LogP contribution in [-0.2, 0) is 0 Å². The molecule has 61 heavy (non-hydrogen) atoms. The molecule has 10 aromatic carbocycles. The lowest BCUT2D eigenvalue weighted by molar-refractivity contribution is 1.16. The molecule has 3 heterocycles. The van der Waals surface area contributed by atoms with Crippen molar-refractivity contribution in [1.82, 2.24) is 13.7 Å². The SMILES string of the molecule is c1ccc(-c2ccc(-n3c4ccccc4c4cc5c6cc(-c7ccc8c(c7)c7ccccc7n8-c7cccc8ccccc78)ccc6n(-c6ccccc6)c5cc43)cc2)cc1. The van der Waals surface area contributed by atoms with Crippen molar-refractivity contribution in [2.45, 2.75) is 0 Å². The predicted octanol–water partition coefficient (Wildman–Crippen LogP) is 15.5. The van der Waals surface area contributed by atoms with Gasteiger partial charge in [-0.1, -0.05) is 146 Å². The Balaban J connectivity index is 1.03. The zero-order valence-electron chi connectivity index (χ0n) is 33.2. The molecule has 0 aliphatic carbocycles. The Morgan fingerprint density at radius 1 is 0.213 bits per heavy atom. The van der Waals surface area contributed by atoms with Crippen molar-refractivity contribution in [2.75, 3.05) is 0 Å². The molecular weight excluding hydrogens is 739 g/mol. The van der Waals surface area contributed by atoms with Crippen molar-refractivity contribution >= 4 is 76.2 Å². The molecule has 284 valence electrons. The van der Waals surface area contributed by atoms with Crippen LogP contribution < -0.4 is 0 Å². The number of rotatable bonds is 5. The Hall–Kier alpha value is -8.14. The van der Waals surface area contributed by atoms with E-state index in [1.807, 2.05) is 0 Å². The number of hydrogen-bond acceptors (Lipinski definition) is 0. The molecule has 0 unspecified atom stereocenters. The number of para-hydroxylation sites is 3. The van der Waals surface area contributed by atoms with Crippen LogP contribution in [0.3, 0.4) is 0 Å². The largest absolute Gasteiger partial charge is 0.309 e. The van der Waals surface area contributed by atoms with Gasteiger partial charge in [0.25, 0.3) is 0 Å². The lowest BCUT2D eigenvalue weighted by Gasteiger charge is -2.12. The van der Waals surface area contributed by atoms with Gasteiger partial charge in [-0.2, -0.15) is 0 Å². The van der Waals surface area contributed by atoms with E-state index in [1.165, 1.54) is 104 Å². The minimum atomic E-state index is 1.15. The van der Waals surface area contributed by atoms with Crippen molar-refractivity contribution in [2.24, 2.45) is 0 Å². The fourth-order valence-electron chi connectivity index (χ4n) is 10.0. The summed E-state index contributed by atoms with van der Waals surface area (Å²) in [7, 11) is 0. The van der Waals surface area contributed by atoms with Crippen LogP contribution in [0.15, 0.2) is 224 Å². The predicted molar refractivity (Wildman–Crippen MR) is 258 cm³/mol. The third-order valence-corrected chi connectivity index (χ3v) is 12.8. The van der Waals surface area contributed by atoms with Crippen molar-refractivity contribution in [3.63, 3.8) is 0 Å². The van der Waals surface area contributed by atoms with E-state index in [0.29, 0.717) is 0 Å². The Kier molecular flexibility index (Phi) is 7.31. The van der Waals surface area contributed by atoms with Crippen LogP contribution in [0.2, 0.25) is 0 Å². The van der Waals surface area contributed by atoms with E-state index in [4.69, 9.17) is 0 Å². The lowest BCUT2D eigenvalue weighted by atomic mass is 10.00. The molecule has 3 nitrogen and oxygen atoms in total. The average molecular weight is 776 g/mol. The molecule has 0 saturated heterocycles. The highest BCUT2D eigenvalue weighted by Crippen LogP contribution is 2.42. The lowest BCUT2D eigenvalue weighted by Crippen LogP contribution is -1.96. The zero-order valence-corrected chi connectivity index (χ0v) is 33.2. The number of hydrogen-bond donors (Lipinski definition) is 0. The maximum Gasteiger partial charge on any atom is 0.0562 e. The molecule has 0 fully saturated rings. The molecule has 3 aromatic heterocycles. The number of aromatic nitrogens is 3. The van der Waals surface area contributed by atoms with Crippen LogP contribution in [0.25, 0.3) is 116 Å². The van der Waals surface area contributed by atoms with Crippen LogP contribution in [0.1, 0.15) is 0 Å². The maximum absolute atomic E-state index is 2.44. The van der Waals surface area contributed by atoms with Gasteiger partial charge in [0.05, 0.1) is 38.8 Å². The van der Waals surface area contributed by atoms with Crippen molar-refractivity contribution < 1.29 is 0 Å². The standard InChI is InChI=1S/C58H37N3/c1-3-14-38(15-4-1)39-26-30-44(31-27-39)60-53-23-11-9-22-47(53)50-36-51-49-35-42(28-32-55(49)59(58(51)37-57(50)60)43-18-5-2-6-19-43)41-29-33-56-48(34-41)46-21-10-12-24-54(46)61(56)52-25-13-17-40-16-7-8-20-45(40)52/h1-37H. The van der Waals surface area contributed by atoms with E-state index >= 15 is 0 Å². The zero-order chi connectivity index (χ0) is 40.0. The smallest absolute Gasteiger partial charge is 0.0562 e. The number of benzene rings is 10. The molecule has 13 aromatic rings. The number of nitrogens with zero attached hydrogens (tertiary/aromatic N) is 3. The summed E-state index contributed by atoms with van der Waals surface area (Å²) in [5.74, 6) is 0. The van der Waals surface area contributed by atoms with Gasteiger partial charge in [0, 0.05) is 49.1 Å². The monoisotopic (exact) mass is 775 g/mol. The molecular formula is C58H37N3. The highest BCUT2D eigenvalue weighted by molar-refractivity contribution is 6.20. The number of fused-ring (bicyclic) bond motifs is 10. The van der Waals surface area contributed by atoms with E-state index in [0.717, 1.165) is 11.4 Å². The van der Waals surface area contributed by atoms with Crippen molar-refractivity contribution in [1.29, 1.82) is 0 Å². The van der Waals surface area contributed by atoms with E-state index < -0.39 is 0 Å². The van der Waals surface area contributed by atoms with Gasteiger partial charge in [-0.3, -0.25) is 0 Å². The summed E-state index contributed by atoms with van der Waals surface area (Å²) in [4.78, 5) is 0. The van der Waals surface area contributed by atoms with E-state index in [-0.39, 0.29) is 0 Å². The molecule has 0 radical (unpaired) electrons. The Labute approximate surface area is 352 Å². The molecule has 0 bridgehead atoms. The highest BCUT2D eigenvalue weighted by atomic mass is 15.0. The minimum absolute atomic E-state index is 1.15. The molecule has 0 atom stereocenters. The van der Waals surface area contributed by atoms with Crippen molar-refractivity contribution in [3.05, 3.63) is 224 Å². The highest BCUT2D eigenvalue weighted by Gasteiger charge is 2.20. The van der Waals surface area contributed by atoms with Crippen LogP contribution in [0.4, 0.5) is 0 Å². The van der Waals surface area contributed by atoms with Crippen LogP contribution in [-0.4, -0.2) is 13.7 Å². The molecule has 3 heteroatoms. The summed E-state index contributed by atoms with van der Waals surface area (Å²) < 4.78 is 7.31. The normalized spacial score (nSPS) is 11.9. The quantitative estimate of drug-likeness (QED) is 0.165. The second kappa shape index (κ2) is 13.2. The second-order valence-corrected chi connectivity index (χ2v) is 16.1. The van der Waals surface area contributed by atoms with Gasteiger partial charge < -0.3 is 13.7 Å². The van der Waals surface area contributed by atoms with Gasteiger partial charge in [0.15, 0.2) is 0 Å². The Morgan fingerprint density at radius 3 is 1.34 bits per heavy atom. The third-order valence-electron chi connectivity index (χ3n) is 12.8. The van der Waals surface area contributed by atoms with E-state index in [9.17, 15) is 0 Å². The average Bonchev–Trinajstić information content (AvgIpc) is 3.96. The van der Waals surface area contributed by atoms with Gasteiger partial charge in [0.2, 0.25) is 0 Å². The topological polar surface area (TPSA) is 14.8 Å². The van der Waals surface area contributed by atoms with Crippen LogP contribution in [0.5, 0.6) is 0 Å². The molecule has 0 aliphatic rings.